The molecule has 6 heteroatoms. The van der Waals surface area contributed by atoms with Crippen LogP contribution >= 0.6 is 22.6 Å². The third-order valence-electron chi connectivity index (χ3n) is 3.41. The lowest BCUT2D eigenvalue weighted by Crippen LogP contribution is -2.14. The van der Waals surface area contributed by atoms with Gasteiger partial charge in [0.25, 0.3) is 5.56 Å². The lowest BCUT2D eigenvalue weighted by molar-refractivity contribution is 0.415. The van der Waals surface area contributed by atoms with Gasteiger partial charge in [0, 0.05) is 9.13 Å². The van der Waals surface area contributed by atoms with Gasteiger partial charge in [-0.15, -0.1) is 0 Å². The summed E-state index contributed by atoms with van der Waals surface area (Å²) in [5.74, 6) is 1.25. The quantitative estimate of drug-likeness (QED) is 0.657. The Balaban J connectivity index is 2.29. The normalized spacial score (nSPS) is 10.3. The first-order chi connectivity index (χ1) is 11.2. The highest BCUT2D eigenvalue weighted by Crippen LogP contribution is 2.33. The Bertz CT molecular complexity index is 936. The molecule has 114 valence electrons. The van der Waals surface area contributed by atoms with Crippen molar-refractivity contribution >= 4 is 22.6 Å². The lowest BCUT2D eigenvalue weighted by atomic mass is 10.0. The number of rotatable bonds is 3. The SMILES string of the molecule is COc1ccc(-c2c(I)c(-c3ccco3)[nH]c(=O)c2C#N)cc1. The van der Waals surface area contributed by atoms with Crippen molar-refractivity contribution in [2.45, 2.75) is 0 Å². The van der Waals surface area contributed by atoms with E-state index in [9.17, 15) is 10.1 Å². The highest BCUT2D eigenvalue weighted by Gasteiger charge is 2.19. The van der Waals surface area contributed by atoms with Crippen LogP contribution in [-0.2, 0) is 0 Å². The summed E-state index contributed by atoms with van der Waals surface area (Å²) < 4.78 is 11.3. The number of hydrogen-bond acceptors (Lipinski definition) is 4. The summed E-state index contributed by atoms with van der Waals surface area (Å²) in [7, 11) is 1.59. The first-order valence-electron chi connectivity index (χ1n) is 6.70. The maximum Gasteiger partial charge on any atom is 0.267 e. The number of pyridine rings is 1. The molecular weight excluding hydrogens is 407 g/mol. The first-order valence-corrected chi connectivity index (χ1v) is 7.77. The standard InChI is InChI=1S/C17H11IN2O3/c1-22-11-6-4-10(5-7-11)14-12(9-19)17(21)20-16(15(14)18)13-3-2-8-23-13/h2-8H,1H3,(H,20,21). The molecule has 0 aliphatic rings. The van der Waals surface area contributed by atoms with Crippen LogP contribution in [0.3, 0.4) is 0 Å². The van der Waals surface area contributed by atoms with Gasteiger partial charge in [-0.2, -0.15) is 5.26 Å². The van der Waals surface area contributed by atoms with Crippen LogP contribution in [0.2, 0.25) is 0 Å². The summed E-state index contributed by atoms with van der Waals surface area (Å²) in [5, 5.41) is 9.39. The van der Waals surface area contributed by atoms with E-state index in [0.717, 1.165) is 9.13 Å². The molecule has 0 fully saturated rings. The fraction of sp³-hybridized carbons (Fsp3) is 0.0588. The minimum Gasteiger partial charge on any atom is -0.497 e. The molecule has 0 radical (unpaired) electrons. The molecule has 3 aromatic rings. The van der Waals surface area contributed by atoms with Crippen molar-refractivity contribution in [3.8, 4) is 34.4 Å². The van der Waals surface area contributed by atoms with Gasteiger partial charge in [-0.05, 0) is 52.4 Å². The summed E-state index contributed by atoms with van der Waals surface area (Å²) in [6.07, 6.45) is 1.54. The Labute approximate surface area is 145 Å². The van der Waals surface area contributed by atoms with Crippen LogP contribution in [0.5, 0.6) is 5.75 Å². The van der Waals surface area contributed by atoms with Crippen LogP contribution in [0.15, 0.2) is 51.9 Å². The summed E-state index contributed by atoms with van der Waals surface area (Å²) in [5.41, 5.74) is 1.56. The highest BCUT2D eigenvalue weighted by molar-refractivity contribution is 14.1. The molecule has 0 saturated heterocycles. The zero-order valence-electron chi connectivity index (χ0n) is 12.1. The molecule has 0 aliphatic carbocycles. The molecule has 1 aromatic carbocycles. The third-order valence-corrected chi connectivity index (χ3v) is 4.49. The van der Waals surface area contributed by atoms with Crippen LogP contribution in [0, 0.1) is 14.9 Å². The van der Waals surface area contributed by atoms with E-state index in [1.165, 1.54) is 6.26 Å². The molecule has 0 unspecified atom stereocenters. The van der Waals surface area contributed by atoms with Crippen LogP contribution in [0.1, 0.15) is 5.56 Å². The number of nitriles is 1. The van der Waals surface area contributed by atoms with E-state index in [4.69, 9.17) is 9.15 Å². The summed E-state index contributed by atoms with van der Waals surface area (Å²) in [4.78, 5) is 15.0. The smallest absolute Gasteiger partial charge is 0.267 e. The average Bonchev–Trinajstić information content (AvgIpc) is 3.10. The zero-order valence-corrected chi connectivity index (χ0v) is 14.2. The molecule has 5 nitrogen and oxygen atoms in total. The number of hydrogen-bond donors (Lipinski definition) is 1. The second kappa shape index (κ2) is 6.30. The van der Waals surface area contributed by atoms with E-state index in [-0.39, 0.29) is 5.56 Å². The van der Waals surface area contributed by atoms with Crippen molar-refractivity contribution in [3.05, 3.63) is 62.1 Å². The fourth-order valence-corrected chi connectivity index (χ4v) is 3.29. The summed E-state index contributed by atoms with van der Waals surface area (Å²) >= 11 is 2.12. The van der Waals surface area contributed by atoms with Gasteiger partial charge in [-0.1, -0.05) is 12.1 Å². The summed E-state index contributed by atoms with van der Waals surface area (Å²) in [6.45, 7) is 0. The molecule has 2 heterocycles. The number of furan rings is 1. The molecular formula is C17H11IN2O3. The number of H-pyrrole nitrogens is 1. The Morgan fingerprint density at radius 2 is 2.00 bits per heavy atom. The van der Waals surface area contributed by atoms with Gasteiger partial charge in [0.2, 0.25) is 0 Å². The van der Waals surface area contributed by atoms with Crippen molar-refractivity contribution in [2.75, 3.05) is 7.11 Å². The van der Waals surface area contributed by atoms with Gasteiger partial charge in [0.05, 0.1) is 19.1 Å². The predicted octanol–water partition coefficient (Wildman–Crippen LogP) is 3.79. The lowest BCUT2D eigenvalue weighted by Gasteiger charge is -2.11. The van der Waals surface area contributed by atoms with E-state index in [1.807, 2.05) is 18.2 Å². The van der Waals surface area contributed by atoms with Crippen molar-refractivity contribution in [1.29, 1.82) is 5.26 Å². The van der Waals surface area contributed by atoms with Crippen molar-refractivity contribution in [2.24, 2.45) is 0 Å². The van der Waals surface area contributed by atoms with Crippen LogP contribution in [0.25, 0.3) is 22.6 Å². The molecule has 0 aliphatic heterocycles. The Morgan fingerprint density at radius 1 is 1.26 bits per heavy atom. The zero-order chi connectivity index (χ0) is 16.4. The molecule has 0 amide bonds. The van der Waals surface area contributed by atoms with E-state index >= 15 is 0 Å². The average molecular weight is 418 g/mol. The number of halogens is 1. The molecule has 3 rings (SSSR count). The monoisotopic (exact) mass is 418 g/mol. The Hall–Kier alpha value is -2.53. The van der Waals surface area contributed by atoms with Crippen molar-refractivity contribution in [3.63, 3.8) is 0 Å². The number of ether oxygens (including phenoxy) is 1. The van der Waals surface area contributed by atoms with E-state index in [0.29, 0.717) is 22.8 Å². The third kappa shape index (κ3) is 2.75. The van der Waals surface area contributed by atoms with Gasteiger partial charge >= 0.3 is 0 Å². The molecule has 0 spiro atoms. The maximum absolute atomic E-state index is 12.3. The van der Waals surface area contributed by atoms with Crippen LogP contribution in [-0.4, -0.2) is 12.1 Å². The molecule has 0 saturated carbocycles. The van der Waals surface area contributed by atoms with Gasteiger partial charge in [0.15, 0.2) is 5.76 Å². The first kappa shape index (κ1) is 15.4. The Morgan fingerprint density at radius 3 is 2.57 bits per heavy atom. The minimum absolute atomic E-state index is 0.0786. The molecule has 0 atom stereocenters. The number of nitrogens with one attached hydrogen (secondary N) is 1. The second-order valence-electron chi connectivity index (χ2n) is 4.71. The Kier molecular flexibility index (Phi) is 4.21. The van der Waals surface area contributed by atoms with Gasteiger partial charge < -0.3 is 14.1 Å². The number of aromatic nitrogens is 1. The molecule has 23 heavy (non-hydrogen) atoms. The van der Waals surface area contributed by atoms with Crippen LogP contribution < -0.4 is 10.3 Å². The number of methoxy groups -OCH3 is 1. The highest BCUT2D eigenvalue weighted by atomic mass is 127. The number of nitrogens with zero attached hydrogens (tertiary/aromatic N) is 1. The van der Waals surface area contributed by atoms with E-state index in [1.54, 1.807) is 31.4 Å². The largest absolute Gasteiger partial charge is 0.497 e. The van der Waals surface area contributed by atoms with E-state index < -0.39 is 5.56 Å². The second-order valence-corrected chi connectivity index (χ2v) is 5.79. The van der Waals surface area contributed by atoms with Crippen molar-refractivity contribution in [1.82, 2.24) is 4.98 Å². The van der Waals surface area contributed by atoms with Gasteiger partial charge in [-0.3, -0.25) is 4.79 Å². The molecule has 0 bridgehead atoms. The molecule has 2 aromatic heterocycles. The predicted molar refractivity (Wildman–Crippen MR) is 94.2 cm³/mol. The fourth-order valence-electron chi connectivity index (χ4n) is 2.31. The minimum atomic E-state index is -0.440. The van der Waals surface area contributed by atoms with Gasteiger partial charge in [-0.25, -0.2) is 0 Å². The topological polar surface area (TPSA) is 79.0 Å². The molecule has 1 N–H and O–H groups in total. The van der Waals surface area contributed by atoms with Crippen LogP contribution in [0.4, 0.5) is 0 Å². The number of aromatic amines is 1. The van der Waals surface area contributed by atoms with Crippen molar-refractivity contribution < 1.29 is 9.15 Å². The maximum atomic E-state index is 12.3. The summed E-state index contributed by atoms with van der Waals surface area (Å²) in [6, 6.07) is 12.7. The van der Waals surface area contributed by atoms with E-state index in [2.05, 4.69) is 27.6 Å². The van der Waals surface area contributed by atoms with Gasteiger partial charge in [0.1, 0.15) is 17.4 Å². The number of benzene rings is 1.